The molecule has 27 heavy (non-hydrogen) atoms. The smallest absolute Gasteiger partial charge is 0.315 e. The lowest BCUT2D eigenvalue weighted by Crippen LogP contribution is -2.45. The summed E-state index contributed by atoms with van der Waals surface area (Å²) in [7, 11) is 0. The molecule has 0 bridgehead atoms. The second kappa shape index (κ2) is 7.35. The van der Waals surface area contributed by atoms with Crippen LogP contribution in [0.5, 0.6) is 0 Å². The molecule has 0 aromatic heterocycles. The van der Waals surface area contributed by atoms with Crippen molar-refractivity contribution in [1.29, 1.82) is 0 Å². The van der Waals surface area contributed by atoms with Crippen LogP contribution in [-0.2, 0) is 15.3 Å². The molecule has 5 heteroatoms. The van der Waals surface area contributed by atoms with Crippen LogP contribution in [0.25, 0.3) is 0 Å². The van der Waals surface area contributed by atoms with E-state index >= 15 is 0 Å². The minimum Gasteiger partial charge on any atom is -0.411 e. The average molecular weight is 384 g/mol. The van der Waals surface area contributed by atoms with Gasteiger partial charge in [0.15, 0.2) is 6.54 Å². The van der Waals surface area contributed by atoms with Crippen molar-refractivity contribution >= 4 is 29.1 Å². The van der Waals surface area contributed by atoms with Gasteiger partial charge in [0.2, 0.25) is 0 Å². The Kier molecular flexibility index (Phi) is 4.92. The first-order valence-corrected chi connectivity index (χ1v) is 9.90. The highest BCUT2D eigenvalue weighted by molar-refractivity contribution is 6.30. The molecule has 1 atom stereocenters. The van der Waals surface area contributed by atoms with Crippen LogP contribution in [0.3, 0.4) is 0 Å². The maximum atomic E-state index is 12.1. The molecular weight excluding hydrogens is 360 g/mol. The number of halogens is 1. The van der Waals surface area contributed by atoms with Gasteiger partial charge in [-0.1, -0.05) is 29.8 Å². The van der Waals surface area contributed by atoms with Gasteiger partial charge in [0.05, 0.1) is 6.54 Å². The molecule has 0 saturated heterocycles. The molecule has 0 amide bonds. The summed E-state index contributed by atoms with van der Waals surface area (Å²) in [6.07, 6.45) is 4.39. The number of hydrogen-bond acceptors (Lipinski definition) is 3. The lowest BCUT2D eigenvalue weighted by atomic mass is 10.0. The summed E-state index contributed by atoms with van der Waals surface area (Å²) in [5.74, 6) is 0.957. The van der Waals surface area contributed by atoms with Gasteiger partial charge in [-0.2, -0.15) is 0 Å². The van der Waals surface area contributed by atoms with Crippen LogP contribution in [0, 0.1) is 0 Å². The molecule has 0 saturated carbocycles. The van der Waals surface area contributed by atoms with Crippen LogP contribution in [0.4, 0.5) is 5.69 Å². The van der Waals surface area contributed by atoms with Crippen LogP contribution >= 0.6 is 11.6 Å². The largest absolute Gasteiger partial charge is 0.411 e. The standard InChI is InChI=1S/C22H24ClN2O2/c1-17(26)27-22(18-11-13-19(23)14-12-18)16-24(20-8-4-2-5-9-20)21-10-6-3-7-15-25(21)22/h2,4-5,8-9,11-14H,3,6-7,10,15-16H2,1H3/q+1. The molecule has 2 aromatic rings. The highest BCUT2D eigenvalue weighted by atomic mass is 35.5. The van der Waals surface area contributed by atoms with Gasteiger partial charge in [0.1, 0.15) is 5.69 Å². The number of carbonyl (C=O) groups is 1. The normalized spacial score (nSPS) is 22.4. The Morgan fingerprint density at radius 1 is 1.07 bits per heavy atom. The SMILES string of the molecule is CC(=O)OC1(c2ccc(Cl)cc2)CN(c2ccccc2)C2=[N+]1CCCCC2. The number of rotatable bonds is 3. The third kappa shape index (κ3) is 3.34. The summed E-state index contributed by atoms with van der Waals surface area (Å²) in [6.45, 7) is 2.93. The Hall–Kier alpha value is -2.33. The van der Waals surface area contributed by atoms with E-state index in [1.165, 1.54) is 19.2 Å². The Labute approximate surface area is 165 Å². The first kappa shape index (κ1) is 18.1. The maximum absolute atomic E-state index is 12.1. The lowest BCUT2D eigenvalue weighted by Gasteiger charge is -2.28. The van der Waals surface area contributed by atoms with E-state index < -0.39 is 5.72 Å². The number of nitrogens with zero attached hydrogens (tertiary/aromatic N) is 2. The summed E-state index contributed by atoms with van der Waals surface area (Å²) in [6, 6.07) is 18.0. The highest BCUT2D eigenvalue weighted by Crippen LogP contribution is 2.38. The van der Waals surface area contributed by atoms with E-state index in [0.29, 0.717) is 11.6 Å². The third-order valence-electron chi connectivity index (χ3n) is 5.39. The van der Waals surface area contributed by atoms with Gasteiger partial charge >= 0.3 is 11.7 Å². The summed E-state index contributed by atoms with van der Waals surface area (Å²) in [5, 5.41) is 0.676. The number of esters is 1. The Balaban J connectivity index is 1.88. The molecule has 0 fully saturated rings. The van der Waals surface area contributed by atoms with E-state index in [4.69, 9.17) is 16.3 Å². The van der Waals surface area contributed by atoms with Crippen molar-refractivity contribution in [2.24, 2.45) is 0 Å². The summed E-state index contributed by atoms with van der Waals surface area (Å²) < 4.78 is 8.39. The van der Waals surface area contributed by atoms with E-state index in [-0.39, 0.29) is 5.97 Å². The number of carbonyl (C=O) groups excluding carboxylic acids is 1. The molecule has 0 N–H and O–H groups in total. The fraction of sp³-hybridized carbons (Fsp3) is 0.364. The van der Waals surface area contributed by atoms with E-state index in [0.717, 1.165) is 37.1 Å². The van der Waals surface area contributed by atoms with Crippen molar-refractivity contribution in [2.45, 2.75) is 38.3 Å². The molecule has 1 unspecified atom stereocenters. The van der Waals surface area contributed by atoms with E-state index in [2.05, 4.69) is 21.6 Å². The van der Waals surface area contributed by atoms with Gasteiger partial charge in [-0.3, -0.25) is 4.79 Å². The predicted molar refractivity (Wildman–Crippen MR) is 107 cm³/mol. The van der Waals surface area contributed by atoms with Gasteiger partial charge in [-0.15, -0.1) is 0 Å². The first-order valence-electron chi connectivity index (χ1n) is 9.52. The van der Waals surface area contributed by atoms with Gasteiger partial charge < -0.3 is 4.74 Å². The molecule has 140 valence electrons. The van der Waals surface area contributed by atoms with E-state index in [1.807, 2.05) is 42.5 Å². The Morgan fingerprint density at radius 2 is 1.81 bits per heavy atom. The van der Waals surface area contributed by atoms with Gasteiger partial charge in [0.25, 0.3) is 5.84 Å². The zero-order chi connectivity index (χ0) is 18.9. The molecule has 2 heterocycles. The third-order valence-corrected chi connectivity index (χ3v) is 5.64. The van der Waals surface area contributed by atoms with Crippen LogP contribution in [-0.4, -0.2) is 29.5 Å². The second-order valence-corrected chi connectivity index (χ2v) is 7.62. The quantitative estimate of drug-likeness (QED) is 0.575. The van der Waals surface area contributed by atoms with E-state index in [9.17, 15) is 4.79 Å². The fourth-order valence-corrected chi connectivity index (χ4v) is 4.37. The number of amidine groups is 1. The summed E-state index contributed by atoms with van der Waals surface area (Å²) >= 11 is 6.12. The summed E-state index contributed by atoms with van der Waals surface area (Å²) in [5.41, 5.74) is 1.26. The lowest BCUT2D eigenvalue weighted by molar-refractivity contribution is -0.654. The number of benzene rings is 2. The van der Waals surface area contributed by atoms with Gasteiger partial charge in [-0.25, -0.2) is 9.48 Å². The van der Waals surface area contributed by atoms with Gasteiger partial charge in [-0.05, 0) is 55.7 Å². The van der Waals surface area contributed by atoms with Crippen molar-refractivity contribution in [1.82, 2.24) is 0 Å². The Bertz CT molecular complexity index is 864. The van der Waals surface area contributed by atoms with Crippen molar-refractivity contribution in [3.05, 3.63) is 65.2 Å². The van der Waals surface area contributed by atoms with Crippen molar-refractivity contribution in [3.8, 4) is 0 Å². The Morgan fingerprint density at radius 3 is 2.52 bits per heavy atom. The van der Waals surface area contributed by atoms with E-state index in [1.54, 1.807) is 0 Å². The van der Waals surface area contributed by atoms with Crippen molar-refractivity contribution in [3.63, 3.8) is 0 Å². The number of para-hydroxylation sites is 1. The molecule has 0 aliphatic carbocycles. The minimum atomic E-state index is -0.827. The molecule has 0 spiro atoms. The van der Waals surface area contributed by atoms with Crippen molar-refractivity contribution < 1.29 is 14.1 Å². The molecule has 2 aliphatic rings. The molecule has 2 aliphatic heterocycles. The topological polar surface area (TPSA) is 32.5 Å². The highest BCUT2D eigenvalue weighted by Gasteiger charge is 2.55. The van der Waals surface area contributed by atoms with Crippen LogP contribution in [0.2, 0.25) is 5.02 Å². The van der Waals surface area contributed by atoms with Crippen LogP contribution in [0.15, 0.2) is 54.6 Å². The number of hydrogen-bond donors (Lipinski definition) is 0. The number of ether oxygens (including phenoxy) is 1. The molecule has 0 radical (unpaired) electrons. The molecule has 4 nitrogen and oxygen atoms in total. The second-order valence-electron chi connectivity index (χ2n) is 7.19. The molecule has 4 rings (SSSR count). The first-order chi connectivity index (χ1) is 13.1. The maximum Gasteiger partial charge on any atom is 0.315 e. The summed E-state index contributed by atoms with van der Waals surface area (Å²) in [4.78, 5) is 14.5. The molecule has 2 aromatic carbocycles. The minimum absolute atomic E-state index is 0.275. The fourth-order valence-electron chi connectivity index (χ4n) is 4.24. The zero-order valence-electron chi connectivity index (χ0n) is 15.5. The predicted octanol–water partition coefficient (Wildman–Crippen LogP) is 4.56. The van der Waals surface area contributed by atoms with Crippen molar-refractivity contribution in [2.75, 3.05) is 18.0 Å². The monoisotopic (exact) mass is 383 g/mol. The number of anilines is 1. The van der Waals surface area contributed by atoms with Crippen LogP contribution in [0.1, 0.15) is 38.2 Å². The van der Waals surface area contributed by atoms with Crippen LogP contribution < -0.4 is 4.90 Å². The zero-order valence-corrected chi connectivity index (χ0v) is 16.3. The average Bonchev–Trinajstić information content (AvgIpc) is 2.82. The molecular formula is C22H24ClN2O2+. The van der Waals surface area contributed by atoms with Gasteiger partial charge in [0, 0.05) is 23.9 Å².